The lowest BCUT2D eigenvalue weighted by Gasteiger charge is -2.25. The van der Waals surface area contributed by atoms with Gasteiger partial charge in [0.1, 0.15) is 11.3 Å². The highest BCUT2D eigenvalue weighted by Gasteiger charge is 2.36. The number of furan rings is 1. The summed E-state index contributed by atoms with van der Waals surface area (Å²) < 4.78 is 21.1. The molecule has 2 heterocycles. The van der Waals surface area contributed by atoms with Crippen LogP contribution in [0.4, 0.5) is 4.79 Å². The first-order valence-electron chi connectivity index (χ1n) is 10.4. The average molecular weight is 468 g/mol. The molecule has 1 fully saturated rings. The zero-order valence-corrected chi connectivity index (χ0v) is 18.8. The topological polar surface area (TPSA) is 124 Å². The van der Waals surface area contributed by atoms with Gasteiger partial charge in [0.05, 0.1) is 26.5 Å². The van der Waals surface area contributed by atoms with E-state index in [0.717, 1.165) is 4.90 Å². The fourth-order valence-electron chi connectivity index (χ4n) is 3.29. The summed E-state index contributed by atoms with van der Waals surface area (Å²) >= 11 is 0. The molecule has 10 nitrogen and oxygen atoms in total. The Balaban J connectivity index is 1.94. The summed E-state index contributed by atoms with van der Waals surface area (Å²) in [5.41, 5.74) is 0.818. The first-order chi connectivity index (χ1) is 16.4. The zero-order chi connectivity index (χ0) is 24.7. The summed E-state index contributed by atoms with van der Waals surface area (Å²) in [5, 5.41) is 2.16. The Bertz CT molecular complexity index is 1130. The van der Waals surface area contributed by atoms with Gasteiger partial charge in [-0.25, -0.2) is 9.59 Å². The third-order valence-corrected chi connectivity index (χ3v) is 4.77. The number of esters is 1. The molecule has 0 radical (unpaired) electrons. The standard InChI is InChI=1S/C24H24N2O8/c1-4-7-16-10-15(12-19(31-3)21(16)34-14-20(27)32-5-2)11-18-22(28)25-24(30)26(23(18)29)13-17-8-6-9-33-17/h4,6,8-12H,1,5,7,13-14H2,2-3H3,(H,25,28,30). The van der Waals surface area contributed by atoms with Crippen molar-refractivity contribution >= 4 is 29.9 Å². The number of amides is 4. The van der Waals surface area contributed by atoms with Crippen LogP contribution in [0.2, 0.25) is 0 Å². The Morgan fingerprint density at radius 3 is 2.71 bits per heavy atom. The van der Waals surface area contributed by atoms with Crippen molar-refractivity contribution in [3.8, 4) is 11.5 Å². The van der Waals surface area contributed by atoms with Gasteiger partial charge in [-0.3, -0.25) is 19.8 Å². The van der Waals surface area contributed by atoms with Crippen molar-refractivity contribution in [3.63, 3.8) is 0 Å². The summed E-state index contributed by atoms with van der Waals surface area (Å²) in [4.78, 5) is 50.2. The highest BCUT2D eigenvalue weighted by Crippen LogP contribution is 2.34. The molecule has 2 aromatic rings. The molecule has 10 heteroatoms. The molecule has 34 heavy (non-hydrogen) atoms. The second-order valence-electron chi connectivity index (χ2n) is 7.09. The SMILES string of the molecule is C=CCc1cc(C=C2C(=O)NC(=O)N(Cc3ccco3)C2=O)cc(OC)c1OCC(=O)OCC. The van der Waals surface area contributed by atoms with Crippen LogP contribution in [0.3, 0.4) is 0 Å². The van der Waals surface area contributed by atoms with E-state index in [1.165, 1.54) is 19.4 Å². The number of hydrogen-bond acceptors (Lipinski definition) is 8. The van der Waals surface area contributed by atoms with Crippen molar-refractivity contribution in [2.75, 3.05) is 20.3 Å². The third-order valence-electron chi connectivity index (χ3n) is 4.77. The number of nitrogens with one attached hydrogen (secondary N) is 1. The molecule has 0 spiro atoms. The molecule has 1 saturated heterocycles. The maximum atomic E-state index is 13.0. The van der Waals surface area contributed by atoms with Gasteiger partial charge in [0, 0.05) is 5.56 Å². The fourth-order valence-corrected chi connectivity index (χ4v) is 3.29. The lowest BCUT2D eigenvalue weighted by Crippen LogP contribution is -2.53. The van der Waals surface area contributed by atoms with E-state index < -0.39 is 23.8 Å². The Morgan fingerprint density at radius 2 is 2.06 bits per heavy atom. The second kappa shape index (κ2) is 11.0. The van der Waals surface area contributed by atoms with Crippen LogP contribution in [0.5, 0.6) is 11.5 Å². The van der Waals surface area contributed by atoms with Crippen LogP contribution < -0.4 is 14.8 Å². The Hall–Kier alpha value is -4.34. The van der Waals surface area contributed by atoms with Gasteiger partial charge in [-0.2, -0.15) is 0 Å². The predicted molar refractivity (Wildman–Crippen MR) is 120 cm³/mol. The number of ether oxygens (including phenoxy) is 3. The maximum Gasteiger partial charge on any atom is 0.344 e. The number of imide groups is 2. The van der Waals surface area contributed by atoms with E-state index in [1.807, 2.05) is 0 Å². The van der Waals surface area contributed by atoms with Gasteiger partial charge in [-0.1, -0.05) is 6.08 Å². The Morgan fingerprint density at radius 1 is 1.26 bits per heavy atom. The molecule has 0 saturated carbocycles. The molecule has 1 aliphatic heterocycles. The number of benzene rings is 1. The Kier molecular flexibility index (Phi) is 7.86. The molecule has 1 aromatic carbocycles. The summed E-state index contributed by atoms with van der Waals surface area (Å²) in [5.74, 6) is -1.15. The number of rotatable bonds is 10. The zero-order valence-electron chi connectivity index (χ0n) is 18.8. The molecule has 4 amide bonds. The van der Waals surface area contributed by atoms with Crippen LogP contribution in [0.25, 0.3) is 6.08 Å². The van der Waals surface area contributed by atoms with Gasteiger partial charge in [-0.05, 0) is 49.2 Å². The number of carbonyl (C=O) groups is 4. The van der Waals surface area contributed by atoms with E-state index in [0.29, 0.717) is 29.1 Å². The average Bonchev–Trinajstić information content (AvgIpc) is 3.32. The largest absolute Gasteiger partial charge is 0.493 e. The smallest absolute Gasteiger partial charge is 0.344 e. The van der Waals surface area contributed by atoms with Gasteiger partial charge >= 0.3 is 12.0 Å². The van der Waals surface area contributed by atoms with Crippen molar-refractivity contribution in [2.45, 2.75) is 19.9 Å². The van der Waals surface area contributed by atoms with E-state index in [-0.39, 0.29) is 31.1 Å². The van der Waals surface area contributed by atoms with Crippen LogP contribution in [0.1, 0.15) is 23.8 Å². The monoisotopic (exact) mass is 468 g/mol. The minimum Gasteiger partial charge on any atom is -0.493 e. The fraction of sp³-hybridized carbons (Fsp3) is 0.250. The molecular formula is C24H24N2O8. The summed E-state index contributed by atoms with van der Waals surface area (Å²) in [6.45, 7) is 5.19. The number of hydrogen-bond donors (Lipinski definition) is 1. The molecule has 0 unspecified atom stereocenters. The number of allylic oxidation sites excluding steroid dienone is 1. The number of urea groups is 1. The normalized spacial score (nSPS) is 14.7. The number of barbiturate groups is 1. The molecule has 1 aliphatic rings. The van der Waals surface area contributed by atoms with Gasteiger partial charge in [0.15, 0.2) is 18.1 Å². The number of nitrogens with zero attached hydrogens (tertiary/aromatic N) is 1. The van der Waals surface area contributed by atoms with E-state index in [4.69, 9.17) is 18.6 Å². The maximum absolute atomic E-state index is 13.0. The first kappa shape index (κ1) is 24.3. The van der Waals surface area contributed by atoms with Gasteiger partial charge in [0.2, 0.25) is 0 Å². The van der Waals surface area contributed by atoms with Crippen LogP contribution in [-0.4, -0.2) is 49.0 Å². The Labute approximate surface area is 195 Å². The predicted octanol–water partition coefficient (Wildman–Crippen LogP) is 2.62. The molecule has 3 rings (SSSR count). The number of carbonyl (C=O) groups excluding carboxylic acids is 4. The van der Waals surface area contributed by atoms with E-state index >= 15 is 0 Å². The lowest BCUT2D eigenvalue weighted by atomic mass is 10.0. The van der Waals surface area contributed by atoms with Crippen LogP contribution in [0.15, 0.2) is 53.2 Å². The van der Waals surface area contributed by atoms with Crippen molar-refractivity contribution in [1.82, 2.24) is 10.2 Å². The van der Waals surface area contributed by atoms with Gasteiger partial charge in [-0.15, -0.1) is 6.58 Å². The summed E-state index contributed by atoms with van der Waals surface area (Å²) in [7, 11) is 1.42. The highest BCUT2D eigenvalue weighted by atomic mass is 16.6. The quantitative estimate of drug-likeness (QED) is 0.244. The van der Waals surface area contributed by atoms with E-state index in [2.05, 4.69) is 11.9 Å². The summed E-state index contributed by atoms with van der Waals surface area (Å²) in [6, 6.07) is 5.63. The molecule has 0 bridgehead atoms. The number of methoxy groups -OCH3 is 1. The first-order valence-corrected chi connectivity index (χ1v) is 10.4. The molecular weight excluding hydrogens is 444 g/mol. The molecule has 1 aromatic heterocycles. The molecule has 1 N–H and O–H groups in total. The lowest BCUT2D eigenvalue weighted by molar-refractivity contribution is -0.145. The second-order valence-corrected chi connectivity index (χ2v) is 7.09. The van der Waals surface area contributed by atoms with Gasteiger partial charge < -0.3 is 18.6 Å². The van der Waals surface area contributed by atoms with Crippen molar-refractivity contribution in [1.29, 1.82) is 0 Å². The minimum absolute atomic E-state index is 0.131. The van der Waals surface area contributed by atoms with Crippen LogP contribution in [0, 0.1) is 0 Å². The highest BCUT2D eigenvalue weighted by molar-refractivity contribution is 6.30. The third kappa shape index (κ3) is 5.52. The summed E-state index contributed by atoms with van der Waals surface area (Å²) in [6.07, 6.45) is 4.76. The van der Waals surface area contributed by atoms with Crippen molar-refractivity contribution in [2.24, 2.45) is 0 Å². The van der Waals surface area contributed by atoms with E-state index in [9.17, 15) is 19.2 Å². The molecule has 0 aliphatic carbocycles. The molecule has 0 atom stereocenters. The minimum atomic E-state index is -0.837. The van der Waals surface area contributed by atoms with Crippen molar-refractivity contribution < 1.29 is 37.8 Å². The van der Waals surface area contributed by atoms with Crippen LogP contribution in [-0.2, 0) is 32.1 Å². The van der Waals surface area contributed by atoms with Crippen LogP contribution >= 0.6 is 0 Å². The van der Waals surface area contributed by atoms with Gasteiger partial charge in [0.25, 0.3) is 11.8 Å². The van der Waals surface area contributed by atoms with E-state index in [1.54, 1.807) is 37.3 Å². The molecule has 178 valence electrons. The van der Waals surface area contributed by atoms with Crippen molar-refractivity contribution in [3.05, 3.63) is 65.6 Å².